The van der Waals surface area contributed by atoms with Gasteiger partial charge in [0.2, 0.25) is 0 Å². The summed E-state index contributed by atoms with van der Waals surface area (Å²) in [7, 11) is 0. The van der Waals surface area contributed by atoms with E-state index in [4.69, 9.17) is 0 Å². The van der Waals surface area contributed by atoms with Gasteiger partial charge in [-0.25, -0.2) is 0 Å². The molecule has 4 aromatic rings. The Morgan fingerprint density at radius 1 is 0.625 bits per heavy atom. The van der Waals surface area contributed by atoms with E-state index in [2.05, 4.69) is 60.7 Å². The normalized spacial score (nSPS) is 11.6. The number of aliphatic hydroxyl groups is 2. The van der Waals surface area contributed by atoms with Crippen molar-refractivity contribution in [3.8, 4) is 0 Å². The van der Waals surface area contributed by atoms with Crippen LogP contribution in [0.25, 0.3) is 32.3 Å². The van der Waals surface area contributed by atoms with Crippen molar-refractivity contribution in [3.05, 3.63) is 71.8 Å². The van der Waals surface area contributed by atoms with Gasteiger partial charge in [-0.05, 0) is 56.3 Å². The van der Waals surface area contributed by atoms with Crippen LogP contribution in [0, 0.1) is 0 Å². The molecule has 24 heavy (non-hydrogen) atoms. The van der Waals surface area contributed by atoms with Gasteiger partial charge in [-0.2, -0.15) is 0 Å². The van der Waals surface area contributed by atoms with Crippen molar-refractivity contribution in [1.29, 1.82) is 0 Å². The number of hydrogen-bond acceptors (Lipinski definition) is 2. The summed E-state index contributed by atoms with van der Waals surface area (Å²) in [5.74, 6) is 0. The highest BCUT2D eigenvalue weighted by atomic mass is 16.3. The van der Waals surface area contributed by atoms with Crippen molar-refractivity contribution in [1.82, 2.24) is 0 Å². The van der Waals surface area contributed by atoms with Crippen LogP contribution >= 0.6 is 0 Å². The third kappa shape index (κ3) is 2.44. The highest BCUT2D eigenvalue weighted by molar-refractivity contribution is 6.18. The van der Waals surface area contributed by atoms with Crippen LogP contribution in [0.4, 0.5) is 0 Å². The molecule has 0 amide bonds. The average Bonchev–Trinajstić information content (AvgIpc) is 2.61. The topological polar surface area (TPSA) is 40.5 Å². The molecule has 0 aliphatic carbocycles. The molecule has 2 nitrogen and oxygen atoms in total. The summed E-state index contributed by atoms with van der Waals surface area (Å²) < 4.78 is 0. The summed E-state index contributed by atoms with van der Waals surface area (Å²) in [5, 5.41) is 26.1. The smallest absolute Gasteiger partial charge is 0.0471 e. The summed E-state index contributed by atoms with van der Waals surface area (Å²) in [6.07, 6.45) is 1.31. The molecule has 0 aliphatic rings. The van der Waals surface area contributed by atoms with E-state index in [1.54, 1.807) is 0 Å². The highest BCUT2D eigenvalue weighted by Crippen LogP contribution is 2.35. The monoisotopic (exact) mass is 316 g/mol. The lowest BCUT2D eigenvalue weighted by atomic mass is 9.91. The van der Waals surface area contributed by atoms with E-state index in [0.717, 1.165) is 5.56 Å². The Hall–Kier alpha value is -2.42. The third-order valence-electron chi connectivity index (χ3n) is 4.77. The number of aliphatic hydroxyl groups excluding tert-OH is 2. The molecule has 2 heteroatoms. The van der Waals surface area contributed by atoms with Gasteiger partial charge < -0.3 is 10.2 Å². The van der Waals surface area contributed by atoms with E-state index in [1.165, 1.54) is 37.9 Å². The summed E-state index contributed by atoms with van der Waals surface area (Å²) in [6.45, 7) is 0.295. The van der Waals surface area contributed by atoms with Crippen molar-refractivity contribution >= 4 is 32.3 Å². The Kier molecular flexibility index (Phi) is 3.93. The summed E-state index contributed by atoms with van der Waals surface area (Å²) in [4.78, 5) is 0. The minimum Gasteiger partial charge on any atom is -0.396 e. The quantitative estimate of drug-likeness (QED) is 0.554. The largest absolute Gasteiger partial charge is 0.396 e. The molecule has 0 bridgehead atoms. The molecule has 4 rings (SSSR count). The summed E-state index contributed by atoms with van der Waals surface area (Å²) in [6, 6.07) is 21.3. The first-order valence-corrected chi connectivity index (χ1v) is 8.39. The van der Waals surface area contributed by atoms with Crippen LogP contribution in [-0.2, 0) is 12.8 Å². The van der Waals surface area contributed by atoms with Gasteiger partial charge in [0, 0.05) is 13.2 Å². The number of hydrogen-bond donors (Lipinski definition) is 2. The molecule has 0 saturated carbocycles. The Bertz CT molecular complexity index is 1030. The van der Waals surface area contributed by atoms with E-state index in [9.17, 15) is 10.2 Å². The number of benzene rings is 4. The molecule has 4 aromatic carbocycles. The van der Waals surface area contributed by atoms with Crippen LogP contribution in [0.15, 0.2) is 60.7 Å². The Morgan fingerprint density at radius 3 is 2.25 bits per heavy atom. The maximum Gasteiger partial charge on any atom is 0.0471 e. The molecule has 0 unspecified atom stereocenters. The molecule has 0 aliphatic heterocycles. The predicted molar refractivity (Wildman–Crippen MR) is 101 cm³/mol. The first-order valence-electron chi connectivity index (χ1n) is 8.39. The second-order valence-electron chi connectivity index (χ2n) is 6.25. The van der Waals surface area contributed by atoms with Gasteiger partial charge in [-0.3, -0.25) is 0 Å². The molecule has 0 spiro atoms. The van der Waals surface area contributed by atoms with Gasteiger partial charge in [0.25, 0.3) is 0 Å². The number of fused-ring (bicyclic) bond motifs is 5. The lowest BCUT2D eigenvalue weighted by Crippen LogP contribution is -1.95. The molecule has 0 atom stereocenters. The zero-order valence-corrected chi connectivity index (χ0v) is 13.5. The van der Waals surface area contributed by atoms with Crippen LogP contribution in [0.1, 0.15) is 11.1 Å². The lowest BCUT2D eigenvalue weighted by molar-refractivity contribution is 0.299. The standard InChI is InChI=1S/C22H20O2/c23-11-9-15-5-6-16-7-8-20-19-4-2-1-3-17(19)14-18(10-12-24)22(20)21(16)13-15/h1-8,13-14,23-24H,9-12H2. The van der Waals surface area contributed by atoms with Crippen molar-refractivity contribution < 1.29 is 10.2 Å². The van der Waals surface area contributed by atoms with Crippen molar-refractivity contribution in [3.63, 3.8) is 0 Å². The first-order chi connectivity index (χ1) is 11.8. The highest BCUT2D eigenvalue weighted by Gasteiger charge is 2.10. The lowest BCUT2D eigenvalue weighted by Gasteiger charge is -2.13. The van der Waals surface area contributed by atoms with Gasteiger partial charge in [-0.15, -0.1) is 0 Å². The fraction of sp³-hybridized carbons (Fsp3) is 0.182. The predicted octanol–water partition coefficient (Wildman–Crippen LogP) is 4.22. The van der Waals surface area contributed by atoms with E-state index < -0.39 is 0 Å². The Balaban J connectivity index is 2.16. The van der Waals surface area contributed by atoms with Crippen molar-refractivity contribution in [2.75, 3.05) is 13.2 Å². The Labute approximate surface area is 141 Å². The van der Waals surface area contributed by atoms with Crippen molar-refractivity contribution in [2.45, 2.75) is 12.8 Å². The van der Waals surface area contributed by atoms with Crippen LogP contribution < -0.4 is 0 Å². The second-order valence-corrected chi connectivity index (χ2v) is 6.25. The summed E-state index contributed by atoms with van der Waals surface area (Å²) >= 11 is 0. The summed E-state index contributed by atoms with van der Waals surface area (Å²) in [5.41, 5.74) is 2.32. The van der Waals surface area contributed by atoms with E-state index in [-0.39, 0.29) is 13.2 Å². The molecular formula is C22H20O2. The SMILES string of the molecule is OCCc1ccc2ccc3c4ccccc4cc(CCO)c3c2c1. The molecule has 0 radical (unpaired) electrons. The molecule has 0 saturated heterocycles. The minimum atomic E-state index is 0.139. The average molecular weight is 316 g/mol. The maximum atomic E-state index is 9.53. The minimum absolute atomic E-state index is 0.139. The van der Waals surface area contributed by atoms with Crippen molar-refractivity contribution in [2.24, 2.45) is 0 Å². The van der Waals surface area contributed by atoms with Crippen LogP contribution in [0.3, 0.4) is 0 Å². The van der Waals surface area contributed by atoms with Crippen LogP contribution in [0.5, 0.6) is 0 Å². The van der Waals surface area contributed by atoms with Gasteiger partial charge in [0.15, 0.2) is 0 Å². The van der Waals surface area contributed by atoms with Gasteiger partial charge in [-0.1, -0.05) is 60.7 Å². The fourth-order valence-corrected chi connectivity index (χ4v) is 3.67. The van der Waals surface area contributed by atoms with Gasteiger partial charge in [0.05, 0.1) is 0 Å². The zero-order chi connectivity index (χ0) is 16.5. The van der Waals surface area contributed by atoms with E-state index in [1.807, 2.05) is 0 Å². The van der Waals surface area contributed by atoms with Crippen LogP contribution in [-0.4, -0.2) is 23.4 Å². The molecule has 2 N–H and O–H groups in total. The van der Waals surface area contributed by atoms with Gasteiger partial charge in [0.1, 0.15) is 0 Å². The molecule has 0 fully saturated rings. The second kappa shape index (κ2) is 6.23. The molecule has 0 heterocycles. The molecule has 120 valence electrons. The maximum absolute atomic E-state index is 9.53. The van der Waals surface area contributed by atoms with E-state index >= 15 is 0 Å². The fourth-order valence-electron chi connectivity index (χ4n) is 3.67. The number of rotatable bonds is 4. The van der Waals surface area contributed by atoms with Crippen LogP contribution in [0.2, 0.25) is 0 Å². The van der Waals surface area contributed by atoms with E-state index in [0.29, 0.717) is 12.8 Å². The Morgan fingerprint density at radius 2 is 1.42 bits per heavy atom. The third-order valence-corrected chi connectivity index (χ3v) is 4.77. The first kappa shape index (κ1) is 15.1. The molecule has 0 aromatic heterocycles. The molecular weight excluding hydrogens is 296 g/mol. The van der Waals surface area contributed by atoms with Gasteiger partial charge >= 0.3 is 0 Å². The zero-order valence-electron chi connectivity index (χ0n) is 13.5.